The Bertz CT molecular complexity index is 1420. The van der Waals surface area contributed by atoms with Gasteiger partial charge in [-0.05, 0) is 42.7 Å². The second-order valence-electron chi connectivity index (χ2n) is 7.45. The highest BCUT2D eigenvalue weighted by atomic mass is 35.5. The van der Waals surface area contributed by atoms with E-state index in [-0.39, 0.29) is 33.2 Å². The molecule has 182 valence electrons. The first kappa shape index (κ1) is 24.9. The van der Waals surface area contributed by atoms with E-state index in [2.05, 4.69) is 20.3 Å². The summed E-state index contributed by atoms with van der Waals surface area (Å²) in [7, 11) is 0. The molecule has 1 N–H and O–H groups in total. The molecule has 4 rings (SSSR count). The lowest BCUT2D eigenvalue weighted by Gasteiger charge is -2.15. The van der Waals surface area contributed by atoms with Gasteiger partial charge in [-0.3, -0.25) is 0 Å². The minimum absolute atomic E-state index is 0.0447. The van der Waals surface area contributed by atoms with Gasteiger partial charge in [0.2, 0.25) is 0 Å². The Kier molecular flexibility index (Phi) is 6.95. The first-order chi connectivity index (χ1) is 16.6. The number of pyridine rings is 1. The number of aromatic nitrogens is 3. The number of anilines is 1. The average Bonchev–Trinajstić information content (AvgIpc) is 2.79. The topological polar surface area (TPSA) is 59.9 Å². The van der Waals surface area contributed by atoms with E-state index in [0.717, 1.165) is 30.2 Å². The van der Waals surface area contributed by atoms with Gasteiger partial charge in [-0.15, -0.1) is 0 Å². The van der Waals surface area contributed by atoms with Crippen LogP contribution in [-0.4, -0.2) is 21.5 Å². The van der Waals surface area contributed by atoms with Gasteiger partial charge in [0, 0.05) is 6.54 Å². The zero-order valence-electron chi connectivity index (χ0n) is 17.9. The van der Waals surface area contributed by atoms with Crippen LogP contribution in [0.4, 0.5) is 27.8 Å². The van der Waals surface area contributed by atoms with Crippen LogP contribution in [0, 0.1) is 18.6 Å². The molecule has 2 aromatic carbocycles. The second kappa shape index (κ2) is 9.79. The molecular weight excluding hydrogens is 514 g/mol. The van der Waals surface area contributed by atoms with Crippen molar-refractivity contribution < 1.29 is 26.7 Å². The van der Waals surface area contributed by atoms with E-state index in [1.165, 1.54) is 0 Å². The molecule has 0 unspecified atom stereocenters. The highest BCUT2D eigenvalue weighted by molar-refractivity contribution is 6.37. The van der Waals surface area contributed by atoms with Crippen molar-refractivity contribution >= 4 is 39.9 Å². The summed E-state index contributed by atoms with van der Waals surface area (Å²) in [5.41, 5.74) is 0.0327. The summed E-state index contributed by atoms with van der Waals surface area (Å²) in [5.74, 6) is -1.24. The maximum Gasteiger partial charge on any atom is 0.434 e. The van der Waals surface area contributed by atoms with Crippen molar-refractivity contribution in [2.75, 3.05) is 11.9 Å². The number of benzene rings is 2. The van der Waals surface area contributed by atoms with Crippen molar-refractivity contribution in [2.45, 2.75) is 19.5 Å². The highest BCUT2D eigenvalue weighted by Crippen LogP contribution is 2.43. The van der Waals surface area contributed by atoms with Crippen molar-refractivity contribution in [2.24, 2.45) is 0 Å². The summed E-state index contributed by atoms with van der Waals surface area (Å²) in [6.07, 6.45) is -2.33. The number of nitrogens with one attached hydrogen (secondary N) is 1. The Morgan fingerprint density at radius 2 is 1.74 bits per heavy atom. The molecule has 2 heterocycles. The van der Waals surface area contributed by atoms with Crippen LogP contribution in [-0.2, 0) is 12.6 Å². The number of nitrogens with zero attached hydrogens (tertiary/aromatic N) is 3. The molecule has 4 aromatic rings. The monoisotopic (exact) mass is 528 g/mol. The maximum absolute atomic E-state index is 14.2. The number of alkyl halides is 3. The third kappa shape index (κ3) is 5.23. The normalized spacial score (nSPS) is 11.7. The van der Waals surface area contributed by atoms with E-state index in [4.69, 9.17) is 27.9 Å². The first-order valence-electron chi connectivity index (χ1n) is 10.1. The molecule has 2 aromatic heterocycles. The smallest absolute Gasteiger partial charge is 0.434 e. The van der Waals surface area contributed by atoms with Crippen LogP contribution < -0.4 is 10.1 Å². The van der Waals surface area contributed by atoms with E-state index in [1.54, 1.807) is 25.1 Å². The minimum atomic E-state index is -4.77. The maximum atomic E-state index is 14.2. The molecule has 0 atom stereocenters. The number of rotatable bonds is 6. The van der Waals surface area contributed by atoms with Gasteiger partial charge in [-0.1, -0.05) is 35.3 Å². The summed E-state index contributed by atoms with van der Waals surface area (Å²) in [5, 5.41) is 2.02. The minimum Gasteiger partial charge on any atom is -0.454 e. The van der Waals surface area contributed by atoms with Crippen molar-refractivity contribution in [3.8, 4) is 11.5 Å². The molecule has 0 saturated carbocycles. The van der Waals surface area contributed by atoms with Crippen LogP contribution in [0.25, 0.3) is 10.9 Å². The standard InChI is InChI=1S/C23H15Cl2F5N4O/c1-11-8-12(6-7-31-22-17-14(26)3-4-15(27)19(17)33-10-34-22)2-5-16(11)35-20-13(24)9-32-21(18(20)25)23(28,29)30/h2-5,8-10H,6-7H2,1H3,(H,31,33,34). The molecule has 0 spiro atoms. The summed E-state index contributed by atoms with van der Waals surface area (Å²) >= 11 is 11.8. The molecule has 5 nitrogen and oxygen atoms in total. The number of aryl methyl sites for hydroxylation is 1. The van der Waals surface area contributed by atoms with Crippen LogP contribution in [0.15, 0.2) is 42.9 Å². The lowest BCUT2D eigenvalue weighted by atomic mass is 10.1. The molecule has 0 saturated heterocycles. The lowest BCUT2D eigenvalue weighted by molar-refractivity contribution is -0.141. The fourth-order valence-electron chi connectivity index (χ4n) is 3.39. The molecule has 0 radical (unpaired) electrons. The Morgan fingerprint density at radius 1 is 1.00 bits per heavy atom. The van der Waals surface area contributed by atoms with Crippen molar-refractivity contribution in [3.63, 3.8) is 0 Å². The average molecular weight is 529 g/mol. The summed E-state index contributed by atoms with van der Waals surface area (Å²) in [6, 6.07) is 7.05. The van der Waals surface area contributed by atoms with E-state index >= 15 is 0 Å². The number of hydrogen-bond donors (Lipinski definition) is 1. The molecule has 0 aliphatic heterocycles. The van der Waals surface area contributed by atoms with Crippen LogP contribution in [0.1, 0.15) is 16.8 Å². The van der Waals surface area contributed by atoms with Gasteiger partial charge in [-0.2, -0.15) is 13.2 Å². The number of fused-ring (bicyclic) bond motifs is 1. The van der Waals surface area contributed by atoms with E-state index in [1.807, 2.05) is 0 Å². The van der Waals surface area contributed by atoms with Crippen molar-refractivity contribution in [3.05, 3.63) is 81.4 Å². The zero-order chi connectivity index (χ0) is 25.3. The lowest BCUT2D eigenvalue weighted by Crippen LogP contribution is -2.09. The fourth-order valence-corrected chi connectivity index (χ4v) is 3.92. The van der Waals surface area contributed by atoms with Gasteiger partial charge in [0.15, 0.2) is 11.4 Å². The fraction of sp³-hybridized carbons (Fsp3) is 0.174. The molecule has 12 heteroatoms. The summed E-state index contributed by atoms with van der Waals surface area (Å²) in [6.45, 7) is 2.04. The summed E-state index contributed by atoms with van der Waals surface area (Å²) < 4.78 is 73.0. The van der Waals surface area contributed by atoms with Crippen molar-refractivity contribution in [1.82, 2.24) is 15.0 Å². The Morgan fingerprint density at radius 3 is 2.46 bits per heavy atom. The second-order valence-corrected chi connectivity index (χ2v) is 8.23. The van der Waals surface area contributed by atoms with E-state index < -0.39 is 28.5 Å². The third-order valence-electron chi connectivity index (χ3n) is 5.05. The predicted octanol–water partition coefficient (Wildman–Crippen LogP) is 7.38. The van der Waals surface area contributed by atoms with E-state index in [0.29, 0.717) is 18.5 Å². The molecule has 35 heavy (non-hydrogen) atoms. The quantitative estimate of drug-likeness (QED) is 0.264. The Hall–Kier alpha value is -3.24. The molecule has 0 amide bonds. The molecule has 0 bridgehead atoms. The summed E-state index contributed by atoms with van der Waals surface area (Å²) in [4.78, 5) is 11.0. The Balaban J connectivity index is 1.49. The molecular formula is C23H15Cl2F5N4O. The largest absolute Gasteiger partial charge is 0.454 e. The number of halogens is 7. The van der Waals surface area contributed by atoms with Gasteiger partial charge >= 0.3 is 6.18 Å². The zero-order valence-corrected chi connectivity index (χ0v) is 19.4. The highest BCUT2D eigenvalue weighted by Gasteiger charge is 2.37. The number of hydrogen-bond acceptors (Lipinski definition) is 5. The third-order valence-corrected chi connectivity index (χ3v) is 5.67. The number of ether oxygens (including phenoxy) is 1. The molecule has 0 aliphatic carbocycles. The molecule has 0 fully saturated rings. The SMILES string of the molecule is Cc1cc(CCNc2ncnc3c(F)ccc(F)c23)ccc1Oc1c(Cl)cnc(C(F)(F)F)c1Cl. The van der Waals surface area contributed by atoms with Gasteiger partial charge in [0.05, 0.1) is 11.6 Å². The van der Waals surface area contributed by atoms with Gasteiger partial charge in [0.25, 0.3) is 0 Å². The van der Waals surface area contributed by atoms with Crippen LogP contribution in [0.3, 0.4) is 0 Å². The van der Waals surface area contributed by atoms with Crippen molar-refractivity contribution in [1.29, 1.82) is 0 Å². The van der Waals surface area contributed by atoms with Crippen LogP contribution in [0.5, 0.6) is 11.5 Å². The molecule has 0 aliphatic rings. The van der Waals surface area contributed by atoms with Gasteiger partial charge < -0.3 is 10.1 Å². The van der Waals surface area contributed by atoms with Crippen LogP contribution >= 0.6 is 23.2 Å². The van der Waals surface area contributed by atoms with Crippen LogP contribution in [0.2, 0.25) is 10.0 Å². The predicted molar refractivity (Wildman–Crippen MR) is 122 cm³/mol. The Labute approximate surface area is 205 Å². The van der Waals surface area contributed by atoms with Gasteiger partial charge in [-0.25, -0.2) is 23.7 Å². The first-order valence-corrected chi connectivity index (χ1v) is 10.8. The van der Waals surface area contributed by atoms with Gasteiger partial charge in [0.1, 0.15) is 45.1 Å². The van der Waals surface area contributed by atoms with E-state index in [9.17, 15) is 22.0 Å².